The molecule has 41 heavy (non-hydrogen) atoms. The van der Waals surface area contributed by atoms with E-state index in [-0.39, 0.29) is 11.6 Å². The zero-order valence-corrected chi connectivity index (χ0v) is 21.9. The SMILES string of the molecule is O=C(CNC(=O)n1c(-c2ccccn2)nc2ccccc21)N=Nc1c(O)n(CCc2ccccc2)c2ccccc12. The van der Waals surface area contributed by atoms with E-state index in [9.17, 15) is 14.7 Å². The molecule has 2 amide bonds. The first-order valence-corrected chi connectivity index (χ1v) is 13.1. The van der Waals surface area contributed by atoms with Crippen LogP contribution in [-0.2, 0) is 17.8 Å². The van der Waals surface area contributed by atoms with Gasteiger partial charge in [0, 0.05) is 18.1 Å². The number of aryl methyl sites for hydroxylation is 2. The van der Waals surface area contributed by atoms with Crippen molar-refractivity contribution in [1.82, 2.24) is 24.4 Å². The summed E-state index contributed by atoms with van der Waals surface area (Å²) in [6, 6.07) is 29.4. The maximum Gasteiger partial charge on any atom is 0.328 e. The van der Waals surface area contributed by atoms with Gasteiger partial charge in [-0.15, -0.1) is 10.2 Å². The smallest absolute Gasteiger partial charge is 0.328 e. The second kappa shape index (κ2) is 11.2. The minimum atomic E-state index is -0.678. The maximum absolute atomic E-state index is 13.2. The van der Waals surface area contributed by atoms with Crippen LogP contribution in [0.25, 0.3) is 33.5 Å². The third kappa shape index (κ3) is 5.18. The lowest BCUT2D eigenvalue weighted by molar-refractivity contribution is -0.117. The predicted molar refractivity (Wildman–Crippen MR) is 155 cm³/mol. The van der Waals surface area contributed by atoms with E-state index in [2.05, 4.69) is 25.5 Å². The summed E-state index contributed by atoms with van der Waals surface area (Å²) < 4.78 is 3.14. The van der Waals surface area contributed by atoms with E-state index < -0.39 is 18.5 Å². The van der Waals surface area contributed by atoms with Gasteiger partial charge in [0.1, 0.15) is 12.2 Å². The summed E-state index contributed by atoms with van der Waals surface area (Å²) in [7, 11) is 0. The van der Waals surface area contributed by atoms with Gasteiger partial charge in [0.25, 0.3) is 5.91 Å². The summed E-state index contributed by atoms with van der Waals surface area (Å²) in [5.41, 5.74) is 3.83. The molecule has 0 aliphatic rings. The fourth-order valence-electron chi connectivity index (χ4n) is 4.75. The number of benzene rings is 3. The van der Waals surface area contributed by atoms with Crippen molar-refractivity contribution in [2.75, 3.05) is 6.54 Å². The van der Waals surface area contributed by atoms with E-state index in [1.165, 1.54) is 4.57 Å². The molecule has 0 fully saturated rings. The first-order chi connectivity index (χ1) is 20.1. The maximum atomic E-state index is 13.2. The Morgan fingerprint density at radius 3 is 2.39 bits per heavy atom. The van der Waals surface area contributed by atoms with Crippen LogP contribution in [0.1, 0.15) is 5.56 Å². The molecule has 0 atom stereocenters. The Morgan fingerprint density at radius 2 is 1.59 bits per heavy atom. The van der Waals surface area contributed by atoms with Crippen molar-refractivity contribution < 1.29 is 14.7 Å². The van der Waals surface area contributed by atoms with Crippen LogP contribution in [0.5, 0.6) is 5.88 Å². The van der Waals surface area contributed by atoms with Crippen LogP contribution in [0.4, 0.5) is 10.5 Å². The number of nitrogens with one attached hydrogen (secondary N) is 1. The van der Waals surface area contributed by atoms with Crippen LogP contribution >= 0.6 is 0 Å². The number of fused-ring (bicyclic) bond motifs is 2. The molecule has 10 heteroatoms. The molecule has 0 radical (unpaired) electrons. The van der Waals surface area contributed by atoms with Crippen LogP contribution in [-0.4, -0.2) is 42.7 Å². The zero-order valence-electron chi connectivity index (χ0n) is 21.9. The highest BCUT2D eigenvalue weighted by atomic mass is 16.3. The molecule has 3 aromatic carbocycles. The van der Waals surface area contributed by atoms with E-state index in [0.717, 1.165) is 11.1 Å². The van der Waals surface area contributed by atoms with Gasteiger partial charge in [0.15, 0.2) is 11.5 Å². The number of imidazole rings is 1. The highest BCUT2D eigenvalue weighted by molar-refractivity contribution is 5.96. The first kappa shape index (κ1) is 25.6. The molecule has 10 nitrogen and oxygen atoms in total. The third-order valence-electron chi connectivity index (χ3n) is 6.69. The lowest BCUT2D eigenvalue weighted by atomic mass is 10.1. The minimum Gasteiger partial charge on any atom is -0.493 e. The monoisotopic (exact) mass is 543 g/mol. The van der Waals surface area contributed by atoms with E-state index in [4.69, 9.17) is 0 Å². The largest absolute Gasteiger partial charge is 0.493 e. The molecule has 3 heterocycles. The highest BCUT2D eigenvalue weighted by Crippen LogP contribution is 2.39. The average Bonchev–Trinajstić information content (AvgIpc) is 3.53. The van der Waals surface area contributed by atoms with E-state index >= 15 is 0 Å². The van der Waals surface area contributed by atoms with E-state index in [1.54, 1.807) is 41.1 Å². The van der Waals surface area contributed by atoms with Crippen LogP contribution in [0.15, 0.2) is 113 Å². The van der Waals surface area contributed by atoms with Crippen LogP contribution < -0.4 is 5.32 Å². The summed E-state index contributed by atoms with van der Waals surface area (Å²) >= 11 is 0. The number of nitrogens with zero attached hydrogens (tertiary/aromatic N) is 6. The Kier molecular flexibility index (Phi) is 7.02. The summed E-state index contributed by atoms with van der Waals surface area (Å²) in [4.78, 5) is 34.8. The standard InChI is InChI=1S/C31H25N7O3/c39-27(20-33-31(41)38-26-16-7-5-13-23(26)34-29(38)24-14-8-9-18-32-24)35-36-28-22-12-4-6-15-25(22)37(30(28)40)19-17-21-10-2-1-3-11-21/h1-16,18,40H,17,19-20H2,(H,33,41). The number of para-hydroxylation sites is 3. The molecule has 0 bridgehead atoms. The molecule has 0 aliphatic heterocycles. The van der Waals surface area contributed by atoms with Gasteiger partial charge in [0.2, 0.25) is 5.88 Å². The molecular formula is C31H25N7O3. The molecule has 6 aromatic rings. The molecule has 3 aromatic heterocycles. The number of hydrogen-bond acceptors (Lipinski definition) is 6. The van der Waals surface area contributed by atoms with Crippen molar-refractivity contribution in [2.45, 2.75) is 13.0 Å². The molecular weight excluding hydrogens is 518 g/mol. The van der Waals surface area contributed by atoms with Crippen molar-refractivity contribution in [1.29, 1.82) is 0 Å². The normalized spacial score (nSPS) is 11.4. The molecule has 0 spiro atoms. The lowest BCUT2D eigenvalue weighted by Gasteiger charge is -2.08. The van der Waals surface area contributed by atoms with Gasteiger partial charge in [0.05, 0.1) is 16.6 Å². The number of aromatic nitrogens is 4. The van der Waals surface area contributed by atoms with E-state index in [1.807, 2.05) is 66.7 Å². The number of carbonyl (C=O) groups excluding carboxylic acids is 2. The third-order valence-corrected chi connectivity index (χ3v) is 6.69. The Morgan fingerprint density at radius 1 is 0.854 bits per heavy atom. The number of carbonyl (C=O) groups is 2. The number of amides is 2. The molecule has 202 valence electrons. The first-order valence-electron chi connectivity index (χ1n) is 13.1. The topological polar surface area (TPSA) is 127 Å². The van der Waals surface area contributed by atoms with Gasteiger partial charge >= 0.3 is 6.03 Å². The van der Waals surface area contributed by atoms with Gasteiger partial charge in [-0.3, -0.25) is 9.78 Å². The second-order valence-corrected chi connectivity index (χ2v) is 9.30. The van der Waals surface area contributed by atoms with Crippen molar-refractivity contribution in [3.8, 4) is 17.4 Å². The Balaban J connectivity index is 1.20. The summed E-state index contributed by atoms with van der Waals surface area (Å²) in [6.07, 6.45) is 2.33. The molecule has 0 aliphatic carbocycles. The summed E-state index contributed by atoms with van der Waals surface area (Å²) in [6.45, 7) is 0.122. The lowest BCUT2D eigenvalue weighted by Crippen LogP contribution is -2.32. The summed E-state index contributed by atoms with van der Waals surface area (Å²) in [5, 5.41) is 22.2. The van der Waals surface area contributed by atoms with Crippen molar-refractivity contribution in [3.05, 3.63) is 109 Å². The Labute approximate surface area is 234 Å². The van der Waals surface area contributed by atoms with Crippen LogP contribution in [0, 0.1) is 0 Å². The van der Waals surface area contributed by atoms with Gasteiger partial charge in [-0.2, -0.15) is 0 Å². The molecule has 6 rings (SSSR count). The number of rotatable bonds is 7. The fraction of sp³-hybridized carbons (Fsp3) is 0.0968. The number of aromatic hydroxyl groups is 1. The fourth-order valence-corrected chi connectivity index (χ4v) is 4.75. The van der Waals surface area contributed by atoms with Gasteiger partial charge in [-0.25, -0.2) is 14.3 Å². The molecule has 0 saturated heterocycles. The minimum absolute atomic E-state index is 0.0763. The van der Waals surface area contributed by atoms with Gasteiger partial charge in [-0.1, -0.05) is 66.7 Å². The Bertz CT molecular complexity index is 1890. The van der Waals surface area contributed by atoms with E-state index in [0.29, 0.717) is 40.9 Å². The van der Waals surface area contributed by atoms with Crippen molar-refractivity contribution in [2.24, 2.45) is 10.2 Å². The number of pyridine rings is 1. The van der Waals surface area contributed by atoms with Gasteiger partial charge in [-0.05, 0) is 42.3 Å². The summed E-state index contributed by atoms with van der Waals surface area (Å²) in [5.74, 6) is -0.401. The Hall–Kier alpha value is -5.64. The highest BCUT2D eigenvalue weighted by Gasteiger charge is 2.20. The van der Waals surface area contributed by atoms with Crippen molar-refractivity contribution in [3.63, 3.8) is 0 Å². The quantitative estimate of drug-likeness (QED) is 0.244. The zero-order chi connectivity index (χ0) is 28.2. The number of azo groups is 1. The van der Waals surface area contributed by atoms with Crippen molar-refractivity contribution >= 4 is 39.6 Å². The molecule has 0 unspecified atom stereocenters. The van der Waals surface area contributed by atoms with Crippen LogP contribution in [0.3, 0.4) is 0 Å². The molecule has 2 N–H and O–H groups in total. The molecule has 0 saturated carbocycles. The average molecular weight is 544 g/mol. The number of hydrogen-bond donors (Lipinski definition) is 2. The second-order valence-electron chi connectivity index (χ2n) is 9.30. The van der Waals surface area contributed by atoms with Gasteiger partial charge < -0.3 is 15.0 Å². The van der Waals surface area contributed by atoms with Crippen LogP contribution in [0.2, 0.25) is 0 Å². The predicted octanol–water partition coefficient (Wildman–Crippen LogP) is 5.87.